The summed E-state index contributed by atoms with van der Waals surface area (Å²) in [5, 5.41) is 3.33. The SMILES string of the molecule is COC(=O)C(CNCc1ccc(C)cc1)c1ccccc1. The first-order chi connectivity index (χ1) is 10.2. The maximum Gasteiger partial charge on any atom is 0.314 e. The van der Waals surface area contributed by atoms with E-state index >= 15 is 0 Å². The van der Waals surface area contributed by atoms with Gasteiger partial charge in [0.15, 0.2) is 0 Å². The Balaban J connectivity index is 1.96. The number of nitrogens with one attached hydrogen (secondary N) is 1. The number of aryl methyl sites for hydroxylation is 1. The number of hydrogen-bond donors (Lipinski definition) is 1. The van der Waals surface area contributed by atoms with Crippen molar-refractivity contribution in [3.63, 3.8) is 0 Å². The summed E-state index contributed by atoms with van der Waals surface area (Å²) >= 11 is 0. The van der Waals surface area contributed by atoms with Crippen molar-refractivity contribution in [3.8, 4) is 0 Å². The average Bonchev–Trinajstić information content (AvgIpc) is 2.53. The number of carbonyl (C=O) groups is 1. The molecular formula is C18H21NO2. The summed E-state index contributed by atoms with van der Waals surface area (Å²) < 4.78 is 4.91. The van der Waals surface area contributed by atoms with Crippen molar-refractivity contribution in [2.45, 2.75) is 19.4 Å². The van der Waals surface area contributed by atoms with Crippen LogP contribution in [0.25, 0.3) is 0 Å². The third-order valence-corrected chi connectivity index (χ3v) is 3.49. The van der Waals surface area contributed by atoms with E-state index in [0.717, 1.165) is 12.1 Å². The van der Waals surface area contributed by atoms with Gasteiger partial charge in [-0.05, 0) is 18.1 Å². The minimum absolute atomic E-state index is 0.211. The van der Waals surface area contributed by atoms with E-state index in [-0.39, 0.29) is 11.9 Å². The van der Waals surface area contributed by atoms with E-state index in [2.05, 4.69) is 36.5 Å². The predicted molar refractivity (Wildman–Crippen MR) is 84.1 cm³/mol. The van der Waals surface area contributed by atoms with Gasteiger partial charge in [0.05, 0.1) is 13.0 Å². The summed E-state index contributed by atoms with van der Waals surface area (Å²) in [5.41, 5.74) is 3.42. The molecule has 0 aliphatic heterocycles. The Morgan fingerprint density at radius 3 is 2.38 bits per heavy atom. The third-order valence-electron chi connectivity index (χ3n) is 3.49. The zero-order valence-electron chi connectivity index (χ0n) is 12.5. The lowest BCUT2D eigenvalue weighted by molar-refractivity contribution is -0.142. The number of rotatable bonds is 6. The molecule has 0 aliphatic rings. The summed E-state index contributed by atoms with van der Waals surface area (Å²) in [6, 6.07) is 18.1. The summed E-state index contributed by atoms with van der Waals surface area (Å²) in [6.45, 7) is 3.37. The molecule has 2 rings (SSSR count). The highest BCUT2D eigenvalue weighted by Crippen LogP contribution is 2.16. The van der Waals surface area contributed by atoms with E-state index in [9.17, 15) is 4.79 Å². The molecular weight excluding hydrogens is 262 g/mol. The lowest BCUT2D eigenvalue weighted by atomic mass is 9.99. The molecule has 0 radical (unpaired) electrons. The molecule has 1 atom stereocenters. The van der Waals surface area contributed by atoms with Crippen LogP contribution in [0.5, 0.6) is 0 Å². The molecule has 0 fully saturated rings. The van der Waals surface area contributed by atoms with Crippen LogP contribution in [0.4, 0.5) is 0 Å². The van der Waals surface area contributed by atoms with Crippen molar-refractivity contribution < 1.29 is 9.53 Å². The smallest absolute Gasteiger partial charge is 0.314 e. The fraction of sp³-hybridized carbons (Fsp3) is 0.278. The van der Waals surface area contributed by atoms with Crippen LogP contribution in [-0.4, -0.2) is 19.6 Å². The van der Waals surface area contributed by atoms with Gasteiger partial charge < -0.3 is 10.1 Å². The molecule has 0 saturated carbocycles. The lowest BCUT2D eigenvalue weighted by Crippen LogP contribution is -2.27. The summed E-state index contributed by atoms with van der Waals surface area (Å²) in [6.07, 6.45) is 0. The van der Waals surface area contributed by atoms with Crippen molar-refractivity contribution in [3.05, 3.63) is 71.3 Å². The second-order valence-corrected chi connectivity index (χ2v) is 5.10. The average molecular weight is 283 g/mol. The lowest BCUT2D eigenvalue weighted by Gasteiger charge is -2.16. The molecule has 3 nitrogen and oxygen atoms in total. The van der Waals surface area contributed by atoms with Crippen LogP contribution in [0.3, 0.4) is 0 Å². The van der Waals surface area contributed by atoms with E-state index in [0.29, 0.717) is 6.54 Å². The van der Waals surface area contributed by atoms with E-state index < -0.39 is 0 Å². The van der Waals surface area contributed by atoms with Crippen LogP contribution in [0.15, 0.2) is 54.6 Å². The van der Waals surface area contributed by atoms with Crippen LogP contribution in [-0.2, 0) is 16.1 Å². The van der Waals surface area contributed by atoms with Gasteiger partial charge in [0.25, 0.3) is 0 Å². The monoisotopic (exact) mass is 283 g/mol. The topological polar surface area (TPSA) is 38.3 Å². The van der Waals surface area contributed by atoms with Crippen LogP contribution < -0.4 is 5.32 Å². The number of benzene rings is 2. The molecule has 0 amide bonds. The Hall–Kier alpha value is -2.13. The number of ether oxygens (including phenoxy) is 1. The van der Waals surface area contributed by atoms with Crippen LogP contribution in [0.2, 0.25) is 0 Å². The van der Waals surface area contributed by atoms with Crippen molar-refractivity contribution in [2.75, 3.05) is 13.7 Å². The van der Waals surface area contributed by atoms with E-state index in [4.69, 9.17) is 4.74 Å². The molecule has 21 heavy (non-hydrogen) atoms. The normalized spacial score (nSPS) is 11.9. The minimum atomic E-state index is -0.276. The first-order valence-corrected chi connectivity index (χ1v) is 7.09. The zero-order valence-corrected chi connectivity index (χ0v) is 12.5. The van der Waals surface area contributed by atoms with Gasteiger partial charge >= 0.3 is 5.97 Å². The van der Waals surface area contributed by atoms with E-state index in [1.54, 1.807) is 0 Å². The number of esters is 1. The molecule has 2 aromatic rings. The largest absolute Gasteiger partial charge is 0.469 e. The fourth-order valence-electron chi connectivity index (χ4n) is 2.23. The number of methoxy groups -OCH3 is 1. The Bertz CT molecular complexity index is 564. The third kappa shape index (κ3) is 4.43. The second kappa shape index (κ2) is 7.60. The molecule has 0 spiro atoms. The van der Waals surface area contributed by atoms with Gasteiger partial charge in [0.1, 0.15) is 0 Å². The molecule has 2 aromatic carbocycles. The quantitative estimate of drug-likeness (QED) is 0.828. The Labute approximate surface area is 126 Å². The van der Waals surface area contributed by atoms with Gasteiger partial charge in [-0.15, -0.1) is 0 Å². The Morgan fingerprint density at radius 1 is 1.10 bits per heavy atom. The molecule has 0 aromatic heterocycles. The number of carbonyl (C=O) groups excluding carboxylic acids is 1. The highest BCUT2D eigenvalue weighted by Gasteiger charge is 2.20. The van der Waals surface area contributed by atoms with Crippen molar-refractivity contribution in [1.82, 2.24) is 5.32 Å². The molecule has 0 saturated heterocycles. The molecule has 1 unspecified atom stereocenters. The summed E-state index contributed by atoms with van der Waals surface area (Å²) in [7, 11) is 1.43. The molecule has 3 heteroatoms. The van der Waals surface area contributed by atoms with E-state index in [1.165, 1.54) is 18.2 Å². The predicted octanol–water partition coefficient (Wildman–Crippen LogP) is 3.04. The Morgan fingerprint density at radius 2 is 1.76 bits per heavy atom. The molecule has 110 valence electrons. The molecule has 1 N–H and O–H groups in total. The first-order valence-electron chi connectivity index (χ1n) is 7.09. The molecule has 0 aliphatic carbocycles. The van der Waals surface area contributed by atoms with Gasteiger partial charge in [-0.3, -0.25) is 4.79 Å². The van der Waals surface area contributed by atoms with Gasteiger partial charge in [0, 0.05) is 13.1 Å². The van der Waals surface area contributed by atoms with Crippen LogP contribution in [0.1, 0.15) is 22.6 Å². The number of hydrogen-bond acceptors (Lipinski definition) is 3. The second-order valence-electron chi connectivity index (χ2n) is 5.10. The Kier molecular flexibility index (Phi) is 5.52. The van der Waals surface area contributed by atoms with E-state index in [1.807, 2.05) is 30.3 Å². The zero-order chi connectivity index (χ0) is 15.1. The maximum atomic E-state index is 11.9. The highest BCUT2D eigenvalue weighted by atomic mass is 16.5. The van der Waals surface area contributed by atoms with Crippen molar-refractivity contribution >= 4 is 5.97 Å². The summed E-state index contributed by atoms with van der Waals surface area (Å²) in [5.74, 6) is -0.487. The van der Waals surface area contributed by atoms with Gasteiger partial charge in [-0.1, -0.05) is 60.2 Å². The van der Waals surface area contributed by atoms with Gasteiger partial charge in [0.2, 0.25) is 0 Å². The summed E-state index contributed by atoms with van der Waals surface area (Å²) in [4.78, 5) is 11.9. The highest BCUT2D eigenvalue weighted by molar-refractivity contribution is 5.78. The standard InChI is InChI=1S/C18H21NO2/c1-14-8-10-15(11-9-14)12-19-13-17(18(20)21-2)16-6-4-3-5-7-16/h3-11,17,19H,12-13H2,1-2H3. The maximum absolute atomic E-state index is 11.9. The first kappa shape index (κ1) is 15.3. The van der Waals surface area contributed by atoms with Crippen molar-refractivity contribution in [2.24, 2.45) is 0 Å². The van der Waals surface area contributed by atoms with Crippen LogP contribution >= 0.6 is 0 Å². The van der Waals surface area contributed by atoms with Gasteiger partial charge in [-0.2, -0.15) is 0 Å². The fourth-order valence-corrected chi connectivity index (χ4v) is 2.23. The van der Waals surface area contributed by atoms with Crippen LogP contribution in [0, 0.1) is 6.92 Å². The van der Waals surface area contributed by atoms with Crippen molar-refractivity contribution in [1.29, 1.82) is 0 Å². The molecule has 0 heterocycles. The minimum Gasteiger partial charge on any atom is -0.469 e. The molecule has 0 bridgehead atoms. The van der Waals surface area contributed by atoms with Gasteiger partial charge in [-0.25, -0.2) is 0 Å².